The summed E-state index contributed by atoms with van der Waals surface area (Å²) in [5.41, 5.74) is 7.64. The first kappa shape index (κ1) is 40.5. The molecule has 7 nitrogen and oxygen atoms in total. The van der Waals surface area contributed by atoms with E-state index in [-0.39, 0.29) is 46.2 Å². The average molecular weight is 695 g/mol. The topological polar surface area (TPSA) is 125 Å². The molecule has 51 heavy (non-hydrogen) atoms. The number of furan rings is 1. The van der Waals surface area contributed by atoms with Gasteiger partial charge in [-0.3, -0.25) is 14.4 Å². The van der Waals surface area contributed by atoms with Gasteiger partial charge >= 0.3 is 0 Å². The lowest BCUT2D eigenvalue weighted by atomic mass is 9.85. The Balaban J connectivity index is 1.82. The molecule has 1 aromatic heterocycles. The molecule has 0 saturated heterocycles. The van der Waals surface area contributed by atoms with E-state index in [1.165, 1.54) is 0 Å². The zero-order valence-corrected chi connectivity index (χ0v) is 31.8. The maximum Gasteiger partial charge on any atom is 0.233 e. The van der Waals surface area contributed by atoms with Crippen molar-refractivity contribution in [2.75, 3.05) is 0 Å². The van der Waals surface area contributed by atoms with Crippen LogP contribution in [0.3, 0.4) is 0 Å². The summed E-state index contributed by atoms with van der Waals surface area (Å²) in [6.07, 6.45) is 13.9. The highest BCUT2D eigenvalue weighted by Crippen LogP contribution is 2.38. The van der Waals surface area contributed by atoms with E-state index < -0.39 is 11.6 Å². The van der Waals surface area contributed by atoms with Gasteiger partial charge < -0.3 is 19.7 Å². The van der Waals surface area contributed by atoms with Crippen LogP contribution in [0.25, 0.3) is 11.6 Å². The van der Waals surface area contributed by atoms with E-state index in [9.17, 15) is 29.7 Å². The molecule has 0 atom stereocenters. The number of carbonyl (C=O) groups excluding carboxylic acids is 3. The summed E-state index contributed by atoms with van der Waals surface area (Å²) in [7, 11) is 0. The van der Waals surface area contributed by atoms with Gasteiger partial charge in [0.1, 0.15) is 28.8 Å². The number of aromatic hydroxyl groups is 2. The highest BCUT2D eigenvalue weighted by molar-refractivity contribution is 6.52. The van der Waals surface area contributed by atoms with Crippen LogP contribution in [0.15, 0.2) is 91.7 Å². The first-order valence-corrected chi connectivity index (χ1v) is 17.6. The number of rotatable bonds is 16. The summed E-state index contributed by atoms with van der Waals surface area (Å²) in [5.74, 6) is -0.403. The molecular weight excluding hydrogens is 640 g/mol. The largest absolute Gasteiger partial charge is 0.508 e. The van der Waals surface area contributed by atoms with Gasteiger partial charge in [-0.1, -0.05) is 46.1 Å². The molecule has 0 fully saturated rings. The number of aliphatic hydroxyl groups excluding tert-OH is 1. The first-order chi connectivity index (χ1) is 24.0. The number of aliphatic hydroxyl groups is 1. The monoisotopic (exact) mass is 694 g/mol. The van der Waals surface area contributed by atoms with E-state index in [0.29, 0.717) is 42.8 Å². The second kappa shape index (κ2) is 18.4. The third kappa shape index (κ3) is 11.6. The van der Waals surface area contributed by atoms with Crippen LogP contribution < -0.4 is 0 Å². The summed E-state index contributed by atoms with van der Waals surface area (Å²) in [6, 6.07) is 5.19. The van der Waals surface area contributed by atoms with Crippen molar-refractivity contribution < 1.29 is 34.1 Å². The molecule has 0 bridgehead atoms. The third-order valence-electron chi connectivity index (χ3n) is 8.81. The Labute approximate surface area is 303 Å². The number of phenols is 2. The number of Topliss-reactive ketones (excluding diaryl/α,β-unsaturated/α-hetero) is 2. The smallest absolute Gasteiger partial charge is 0.233 e. The molecule has 1 aliphatic carbocycles. The van der Waals surface area contributed by atoms with Crippen molar-refractivity contribution in [2.45, 2.75) is 114 Å². The Bertz CT molecular complexity index is 1860. The Morgan fingerprint density at radius 1 is 0.765 bits per heavy atom. The van der Waals surface area contributed by atoms with E-state index in [4.69, 9.17) is 4.42 Å². The summed E-state index contributed by atoms with van der Waals surface area (Å²) in [6.45, 7) is 17.0. The first-order valence-electron chi connectivity index (χ1n) is 17.6. The molecule has 3 N–H and O–H groups in total. The van der Waals surface area contributed by atoms with Gasteiger partial charge in [-0.2, -0.15) is 0 Å². The number of benzene rings is 1. The fraction of sp³-hybridized carbons (Fsp3) is 0.386. The van der Waals surface area contributed by atoms with Crippen molar-refractivity contribution in [3.63, 3.8) is 0 Å². The van der Waals surface area contributed by atoms with E-state index in [2.05, 4.69) is 0 Å². The zero-order valence-electron chi connectivity index (χ0n) is 31.8. The minimum Gasteiger partial charge on any atom is -0.508 e. The Hall–Kier alpha value is -4.91. The number of phenolic OH excluding ortho intramolecular Hbond substituents is 2. The third-order valence-corrected chi connectivity index (χ3v) is 8.81. The molecular formula is C44H54O7. The molecule has 0 amide bonds. The summed E-state index contributed by atoms with van der Waals surface area (Å²) in [5, 5.41) is 32.1. The van der Waals surface area contributed by atoms with Crippen molar-refractivity contribution in [1.29, 1.82) is 0 Å². The van der Waals surface area contributed by atoms with Crippen LogP contribution in [0.2, 0.25) is 0 Å². The van der Waals surface area contributed by atoms with Crippen LogP contribution in [0, 0.1) is 6.92 Å². The highest BCUT2D eigenvalue weighted by atomic mass is 16.3. The number of aryl methyl sites for hydroxylation is 2. The predicted octanol–water partition coefficient (Wildman–Crippen LogP) is 10.7. The van der Waals surface area contributed by atoms with Gasteiger partial charge in [0, 0.05) is 23.1 Å². The van der Waals surface area contributed by atoms with E-state index in [1.54, 1.807) is 25.1 Å². The molecule has 1 aliphatic rings. The lowest BCUT2D eigenvalue weighted by Crippen LogP contribution is -2.25. The molecule has 0 saturated carbocycles. The highest BCUT2D eigenvalue weighted by Gasteiger charge is 2.35. The quantitative estimate of drug-likeness (QED) is 0.0691. The number of carbonyl (C=O) groups is 3. The summed E-state index contributed by atoms with van der Waals surface area (Å²) in [4.78, 5) is 38.5. The maximum absolute atomic E-state index is 13.3. The molecule has 1 heterocycles. The molecule has 1 aromatic carbocycles. The van der Waals surface area contributed by atoms with E-state index >= 15 is 0 Å². The van der Waals surface area contributed by atoms with Gasteiger partial charge in [-0.25, -0.2) is 0 Å². The normalized spacial score (nSPS) is 14.4. The molecule has 0 unspecified atom stereocenters. The Morgan fingerprint density at radius 2 is 1.39 bits per heavy atom. The average Bonchev–Trinajstić information content (AvgIpc) is 3.39. The molecule has 0 radical (unpaired) electrons. The number of hydrogen-bond donors (Lipinski definition) is 3. The van der Waals surface area contributed by atoms with Gasteiger partial charge in [-0.05, 0) is 149 Å². The summed E-state index contributed by atoms with van der Waals surface area (Å²) < 4.78 is 6.27. The van der Waals surface area contributed by atoms with Crippen LogP contribution in [0.5, 0.6) is 11.5 Å². The standard InChI is InChI=1S/C44H54O7/c1-26(2)20-34(45)22-30(7)14-10-12-28(5)17-19-37-42(49)40(32(9)41(48)43(37)50)44-33(25-35(51-44)21-27(3)4)15-11-13-29(6)16-18-36-38(46)23-31(8)24-39(36)47/h14,16-17,20-21,23-25,46-47,49H,10-13,15,18-19,22H2,1-9H3/b28-17+,29-16+,30-14+. The van der Waals surface area contributed by atoms with Gasteiger partial charge in [0.2, 0.25) is 11.6 Å². The van der Waals surface area contributed by atoms with Crippen molar-refractivity contribution in [3.8, 4) is 11.5 Å². The molecule has 0 aliphatic heterocycles. The minimum atomic E-state index is -0.713. The van der Waals surface area contributed by atoms with Gasteiger partial charge in [0.15, 0.2) is 5.78 Å². The number of hydrogen-bond acceptors (Lipinski definition) is 7. The van der Waals surface area contributed by atoms with Crippen molar-refractivity contribution >= 4 is 29.0 Å². The van der Waals surface area contributed by atoms with Crippen LogP contribution >= 0.6 is 0 Å². The van der Waals surface area contributed by atoms with Crippen LogP contribution in [-0.2, 0) is 27.2 Å². The van der Waals surface area contributed by atoms with Gasteiger partial charge in [0.25, 0.3) is 0 Å². The Kier molecular flexibility index (Phi) is 14.6. The fourth-order valence-corrected chi connectivity index (χ4v) is 6.10. The molecule has 0 spiro atoms. The second-order valence-corrected chi connectivity index (χ2v) is 14.3. The van der Waals surface area contributed by atoms with E-state index in [0.717, 1.165) is 58.3 Å². The predicted molar refractivity (Wildman–Crippen MR) is 206 cm³/mol. The minimum absolute atomic E-state index is 0.0477. The molecule has 2 aromatic rings. The van der Waals surface area contributed by atoms with Crippen LogP contribution in [-0.4, -0.2) is 32.7 Å². The van der Waals surface area contributed by atoms with Crippen molar-refractivity contribution in [2.24, 2.45) is 0 Å². The van der Waals surface area contributed by atoms with Crippen LogP contribution in [0.1, 0.15) is 122 Å². The number of ketones is 3. The fourth-order valence-electron chi connectivity index (χ4n) is 6.10. The lowest BCUT2D eigenvalue weighted by Gasteiger charge is -2.19. The van der Waals surface area contributed by atoms with Crippen LogP contribution in [0.4, 0.5) is 0 Å². The van der Waals surface area contributed by atoms with Crippen molar-refractivity contribution in [1.82, 2.24) is 0 Å². The zero-order chi connectivity index (χ0) is 38.0. The maximum atomic E-state index is 13.3. The SMILES string of the molecule is CC(C)=CC(=O)C/C(C)=C/CC/C(C)=C/CC1=C(O)C(c2oc(C=C(C)C)cc2CCC/C(C)=C/Cc2c(O)cc(C)cc2O)=C(C)C(=O)C1=O. The molecule has 7 heteroatoms. The van der Waals surface area contributed by atoms with Crippen molar-refractivity contribution in [3.05, 3.63) is 115 Å². The second-order valence-electron chi connectivity index (χ2n) is 14.3. The lowest BCUT2D eigenvalue weighted by molar-refractivity contribution is -0.132. The van der Waals surface area contributed by atoms with E-state index in [1.807, 2.05) is 85.8 Å². The summed E-state index contributed by atoms with van der Waals surface area (Å²) >= 11 is 0. The molecule has 3 rings (SSSR count). The number of allylic oxidation sites excluding steroid dienone is 12. The van der Waals surface area contributed by atoms with Gasteiger partial charge in [0.05, 0.1) is 5.57 Å². The van der Waals surface area contributed by atoms with Gasteiger partial charge in [-0.15, -0.1) is 0 Å². The Morgan fingerprint density at radius 3 is 2.02 bits per heavy atom. The molecule has 272 valence electrons.